The van der Waals surface area contributed by atoms with Crippen molar-refractivity contribution in [3.8, 4) is 0 Å². The van der Waals surface area contributed by atoms with Crippen LogP contribution in [0.4, 0.5) is 4.39 Å². The summed E-state index contributed by atoms with van der Waals surface area (Å²) in [7, 11) is 0. The van der Waals surface area contributed by atoms with Gasteiger partial charge in [-0.15, -0.1) is 12.4 Å². The van der Waals surface area contributed by atoms with Crippen molar-refractivity contribution in [1.82, 2.24) is 10.2 Å². The number of hydrogen-bond donors (Lipinski definition) is 1. The third-order valence-corrected chi connectivity index (χ3v) is 3.50. The number of nitrogens with zero attached hydrogens (tertiary/aromatic N) is 1. The second-order valence-corrected chi connectivity index (χ2v) is 5.12. The summed E-state index contributed by atoms with van der Waals surface area (Å²) in [6, 6.07) is 4.77. The molecular weight excluding hydrogens is 290 g/mol. The van der Waals surface area contributed by atoms with Crippen LogP contribution in [0.15, 0.2) is 18.2 Å². The van der Waals surface area contributed by atoms with Gasteiger partial charge in [0.2, 0.25) is 0 Å². The fourth-order valence-electron chi connectivity index (χ4n) is 2.13. The third-order valence-electron chi connectivity index (χ3n) is 3.21. The molecule has 1 heterocycles. The Hall–Kier alpha value is -0.840. The number of nitrogens with one attached hydrogen (secondary N) is 1. The number of benzene rings is 1. The van der Waals surface area contributed by atoms with E-state index in [-0.39, 0.29) is 41.0 Å². The first kappa shape index (κ1) is 16.2. The monoisotopic (exact) mass is 306 g/mol. The number of rotatable bonds is 1. The zero-order valence-corrected chi connectivity index (χ0v) is 12.4. The summed E-state index contributed by atoms with van der Waals surface area (Å²) in [5, 5.41) is 3.26. The summed E-state index contributed by atoms with van der Waals surface area (Å²) in [4.78, 5) is 14.0. The van der Waals surface area contributed by atoms with Crippen LogP contribution in [0.5, 0.6) is 0 Å². The summed E-state index contributed by atoms with van der Waals surface area (Å²) >= 11 is 5.70. The molecule has 2 rings (SSSR count). The van der Waals surface area contributed by atoms with Gasteiger partial charge in [0.25, 0.3) is 5.91 Å². The molecule has 6 heteroatoms. The first-order valence-electron chi connectivity index (χ1n) is 5.99. The Kier molecular flexibility index (Phi) is 5.59. The van der Waals surface area contributed by atoms with E-state index < -0.39 is 5.82 Å². The minimum Gasteiger partial charge on any atom is -0.333 e. The molecule has 0 aromatic heterocycles. The van der Waals surface area contributed by atoms with Crippen LogP contribution in [-0.4, -0.2) is 36.0 Å². The highest BCUT2D eigenvalue weighted by Gasteiger charge is 2.29. The van der Waals surface area contributed by atoms with Crippen molar-refractivity contribution in [2.75, 3.05) is 13.1 Å². The van der Waals surface area contributed by atoms with Gasteiger partial charge in [0, 0.05) is 25.2 Å². The van der Waals surface area contributed by atoms with Gasteiger partial charge in [-0.25, -0.2) is 4.39 Å². The standard InChI is InChI=1S/C13H16ClFN2O.ClH/c1-8-7-17(9(2)6-16-8)13(18)10-4-3-5-11(14)12(10)15;/h3-5,8-9,16H,6-7H2,1-2H3;1H. The summed E-state index contributed by atoms with van der Waals surface area (Å²) in [6.07, 6.45) is 0. The predicted molar refractivity (Wildman–Crippen MR) is 76.6 cm³/mol. The van der Waals surface area contributed by atoms with Crippen LogP contribution < -0.4 is 5.32 Å². The molecule has 1 aliphatic rings. The van der Waals surface area contributed by atoms with E-state index in [1.165, 1.54) is 12.1 Å². The third kappa shape index (κ3) is 3.38. The topological polar surface area (TPSA) is 32.3 Å². The number of hydrogen-bond acceptors (Lipinski definition) is 2. The Morgan fingerprint density at radius 1 is 1.47 bits per heavy atom. The fraction of sp³-hybridized carbons (Fsp3) is 0.462. The van der Waals surface area contributed by atoms with Gasteiger partial charge in [0.05, 0.1) is 10.6 Å². The van der Waals surface area contributed by atoms with E-state index >= 15 is 0 Å². The Bertz CT molecular complexity index is 470. The van der Waals surface area contributed by atoms with E-state index in [9.17, 15) is 9.18 Å². The van der Waals surface area contributed by atoms with Crippen molar-refractivity contribution < 1.29 is 9.18 Å². The first-order valence-corrected chi connectivity index (χ1v) is 6.37. The minimum absolute atomic E-state index is 0. The number of carbonyl (C=O) groups is 1. The van der Waals surface area contributed by atoms with Gasteiger partial charge in [0.15, 0.2) is 5.82 Å². The summed E-state index contributed by atoms with van der Waals surface area (Å²) in [5.41, 5.74) is 0.0449. The summed E-state index contributed by atoms with van der Waals surface area (Å²) in [5.74, 6) is -0.932. The fourth-order valence-corrected chi connectivity index (χ4v) is 2.30. The van der Waals surface area contributed by atoms with Gasteiger partial charge in [-0.2, -0.15) is 0 Å². The Morgan fingerprint density at radius 2 is 2.16 bits per heavy atom. The van der Waals surface area contributed by atoms with Crippen molar-refractivity contribution in [2.45, 2.75) is 25.9 Å². The lowest BCUT2D eigenvalue weighted by Gasteiger charge is -2.37. The highest BCUT2D eigenvalue weighted by Crippen LogP contribution is 2.21. The molecule has 19 heavy (non-hydrogen) atoms. The number of amides is 1. The lowest BCUT2D eigenvalue weighted by atomic mass is 10.1. The lowest BCUT2D eigenvalue weighted by molar-refractivity contribution is 0.0611. The number of carbonyl (C=O) groups excluding carboxylic acids is 1. The molecular formula is C13H17Cl2FN2O. The largest absolute Gasteiger partial charge is 0.333 e. The van der Waals surface area contributed by atoms with Gasteiger partial charge in [-0.1, -0.05) is 17.7 Å². The molecule has 0 spiro atoms. The zero-order valence-electron chi connectivity index (χ0n) is 10.8. The van der Waals surface area contributed by atoms with Crippen molar-refractivity contribution in [3.05, 3.63) is 34.6 Å². The highest BCUT2D eigenvalue weighted by molar-refractivity contribution is 6.31. The molecule has 0 radical (unpaired) electrons. The van der Waals surface area contributed by atoms with Gasteiger partial charge in [-0.3, -0.25) is 4.79 Å². The van der Waals surface area contributed by atoms with Crippen LogP contribution >= 0.6 is 24.0 Å². The molecule has 1 amide bonds. The highest BCUT2D eigenvalue weighted by atomic mass is 35.5. The van der Waals surface area contributed by atoms with Crippen LogP contribution in [0.1, 0.15) is 24.2 Å². The van der Waals surface area contributed by atoms with Crippen LogP contribution in [-0.2, 0) is 0 Å². The van der Waals surface area contributed by atoms with Crippen molar-refractivity contribution in [2.24, 2.45) is 0 Å². The van der Waals surface area contributed by atoms with Gasteiger partial charge >= 0.3 is 0 Å². The van der Waals surface area contributed by atoms with Crippen molar-refractivity contribution in [1.29, 1.82) is 0 Å². The van der Waals surface area contributed by atoms with E-state index in [1.54, 1.807) is 11.0 Å². The molecule has 0 bridgehead atoms. The van der Waals surface area contributed by atoms with Crippen LogP contribution in [0, 0.1) is 5.82 Å². The van der Waals surface area contributed by atoms with Gasteiger partial charge in [0.1, 0.15) is 0 Å². The molecule has 1 fully saturated rings. The maximum absolute atomic E-state index is 13.8. The van der Waals surface area contributed by atoms with Crippen LogP contribution in [0.2, 0.25) is 5.02 Å². The average molecular weight is 307 g/mol. The van der Waals surface area contributed by atoms with E-state index in [0.717, 1.165) is 6.54 Å². The summed E-state index contributed by atoms with van der Waals surface area (Å²) < 4.78 is 13.8. The van der Waals surface area contributed by atoms with Gasteiger partial charge in [-0.05, 0) is 26.0 Å². The molecule has 1 aromatic rings. The second kappa shape index (κ2) is 6.55. The van der Waals surface area contributed by atoms with Gasteiger partial charge < -0.3 is 10.2 Å². The molecule has 1 saturated heterocycles. The SMILES string of the molecule is CC1CN(C(=O)c2cccc(Cl)c2F)C(C)CN1.Cl. The predicted octanol–water partition coefficient (Wildman–Crippen LogP) is 2.72. The average Bonchev–Trinajstić information content (AvgIpc) is 2.35. The summed E-state index contributed by atoms with van der Waals surface area (Å²) in [6.45, 7) is 5.24. The number of piperazine rings is 1. The number of halogens is 3. The lowest BCUT2D eigenvalue weighted by Crippen LogP contribution is -2.56. The second-order valence-electron chi connectivity index (χ2n) is 4.72. The van der Waals surface area contributed by atoms with E-state index in [0.29, 0.717) is 6.54 Å². The molecule has 2 unspecified atom stereocenters. The van der Waals surface area contributed by atoms with E-state index in [1.807, 2.05) is 13.8 Å². The molecule has 3 nitrogen and oxygen atoms in total. The molecule has 1 aromatic carbocycles. The Labute approximate surface area is 123 Å². The first-order chi connectivity index (χ1) is 8.50. The van der Waals surface area contributed by atoms with Crippen LogP contribution in [0.3, 0.4) is 0 Å². The quantitative estimate of drug-likeness (QED) is 0.865. The van der Waals surface area contributed by atoms with Crippen molar-refractivity contribution in [3.63, 3.8) is 0 Å². The normalized spacial score (nSPS) is 22.8. The zero-order chi connectivity index (χ0) is 13.3. The maximum atomic E-state index is 13.8. The minimum atomic E-state index is -0.637. The molecule has 2 atom stereocenters. The molecule has 1 N–H and O–H groups in total. The van der Waals surface area contributed by atoms with E-state index in [4.69, 9.17) is 11.6 Å². The van der Waals surface area contributed by atoms with Crippen LogP contribution in [0.25, 0.3) is 0 Å². The molecule has 1 aliphatic heterocycles. The molecule has 0 aliphatic carbocycles. The smallest absolute Gasteiger partial charge is 0.257 e. The van der Waals surface area contributed by atoms with E-state index in [2.05, 4.69) is 5.32 Å². The molecule has 0 saturated carbocycles. The van der Waals surface area contributed by atoms with Crippen molar-refractivity contribution >= 4 is 29.9 Å². The maximum Gasteiger partial charge on any atom is 0.257 e. The Morgan fingerprint density at radius 3 is 2.84 bits per heavy atom. The molecule has 106 valence electrons. The Balaban J connectivity index is 0.00000180.